The molecule has 0 radical (unpaired) electrons. The molecular formula is C13H17ClN4O4S2. The average Bonchev–Trinajstić information content (AvgIpc) is 2.91. The van der Waals surface area contributed by atoms with Crippen LogP contribution in [0.25, 0.3) is 0 Å². The van der Waals surface area contributed by atoms with Crippen molar-refractivity contribution in [1.29, 1.82) is 0 Å². The summed E-state index contributed by atoms with van der Waals surface area (Å²) in [6.07, 6.45) is 1.02. The van der Waals surface area contributed by atoms with Crippen molar-refractivity contribution in [2.45, 2.75) is 36.5 Å². The number of sulfonamides is 1. The summed E-state index contributed by atoms with van der Waals surface area (Å²) in [5, 5.41) is 7.72. The molecule has 0 unspecified atom stereocenters. The van der Waals surface area contributed by atoms with Gasteiger partial charge in [0.05, 0.1) is 10.9 Å². The molecule has 1 aromatic heterocycles. The van der Waals surface area contributed by atoms with Crippen LogP contribution in [0.15, 0.2) is 34.3 Å². The summed E-state index contributed by atoms with van der Waals surface area (Å²) in [5.41, 5.74) is 0. The van der Waals surface area contributed by atoms with Gasteiger partial charge in [-0.05, 0) is 38.1 Å². The highest BCUT2D eigenvalue weighted by atomic mass is 35.5. The van der Waals surface area contributed by atoms with E-state index in [4.69, 9.17) is 11.6 Å². The van der Waals surface area contributed by atoms with Crippen molar-refractivity contribution in [3.63, 3.8) is 0 Å². The molecule has 0 bridgehead atoms. The van der Waals surface area contributed by atoms with E-state index in [9.17, 15) is 16.8 Å². The molecule has 0 fully saturated rings. The summed E-state index contributed by atoms with van der Waals surface area (Å²) in [7, 11) is -7.38. The molecular weight excluding hydrogens is 376 g/mol. The first kappa shape index (κ1) is 18.8. The van der Waals surface area contributed by atoms with E-state index in [1.54, 1.807) is 13.8 Å². The minimum absolute atomic E-state index is 0.0460. The first-order valence-corrected chi connectivity index (χ1v) is 10.7. The van der Waals surface area contributed by atoms with E-state index in [0.717, 1.165) is 6.26 Å². The molecule has 24 heavy (non-hydrogen) atoms. The average molecular weight is 393 g/mol. The topological polar surface area (TPSA) is 111 Å². The van der Waals surface area contributed by atoms with Gasteiger partial charge >= 0.3 is 0 Å². The zero-order chi connectivity index (χ0) is 18.1. The third-order valence-corrected chi connectivity index (χ3v) is 6.01. The maximum absolute atomic E-state index is 12.4. The molecule has 11 heteroatoms. The summed E-state index contributed by atoms with van der Waals surface area (Å²) in [6.45, 7) is 3.58. The third-order valence-electron chi connectivity index (χ3n) is 3.24. The second-order valence-corrected chi connectivity index (χ2v) is 9.21. The van der Waals surface area contributed by atoms with Gasteiger partial charge in [0.25, 0.3) is 0 Å². The van der Waals surface area contributed by atoms with Crippen LogP contribution in [0, 0.1) is 0 Å². The Morgan fingerprint density at radius 1 is 1.17 bits per heavy atom. The fourth-order valence-corrected chi connectivity index (χ4v) is 4.30. The van der Waals surface area contributed by atoms with Crippen LogP contribution in [0.4, 0.5) is 0 Å². The second kappa shape index (κ2) is 6.79. The van der Waals surface area contributed by atoms with Gasteiger partial charge in [0.1, 0.15) is 0 Å². The van der Waals surface area contributed by atoms with Crippen LogP contribution in [-0.2, 0) is 26.4 Å². The van der Waals surface area contributed by atoms with Crippen LogP contribution in [0.3, 0.4) is 0 Å². The zero-order valence-electron chi connectivity index (χ0n) is 13.3. The fourth-order valence-electron chi connectivity index (χ4n) is 2.16. The number of nitrogens with one attached hydrogen (secondary N) is 1. The Bertz CT molecular complexity index is 937. The molecule has 0 aliphatic carbocycles. The number of sulfone groups is 1. The number of aromatic nitrogens is 3. The molecule has 0 saturated heterocycles. The number of hydrogen-bond acceptors (Lipinski definition) is 6. The van der Waals surface area contributed by atoms with Crippen LogP contribution in [-0.4, -0.2) is 37.9 Å². The van der Waals surface area contributed by atoms with Crippen molar-refractivity contribution in [2.75, 3.05) is 6.26 Å². The third kappa shape index (κ3) is 3.94. The molecule has 1 heterocycles. The highest BCUT2D eigenvalue weighted by molar-refractivity contribution is 7.90. The quantitative estimate of drug-likeness (QED) is 0.795. The molecule has 2 aromatic rings. The zero-order valence-corrected chi connectivity index (χ0v) is 15.7. The van der Waals surface area contributed by atoms with Crippen molar-refractivity contribution in [3.05, 3.63) is 35.1 Å². The van der Waals surface area contributed by atoms with Crippen LogP contribution in [0.1, 0.15) is 25.7 Å². The molecule has 0 saturated carbocycles. The molecule has 1 aromatic carbocycles. The molecule has 0 aliphatic rings. The lowest BCUT2D eigenvalue weighted by Crippen LogP contribution is -2.29. The monoisotopic (exact) mass is 392 g/mol. The standard InChI is InChI=1S/C13H17ClN4O4S2/c1-4-18-12(15-16-13(18)23(3,19)20)9(2)17-24(21,22)11-7-5-10(14)6-8-11/h5-9,17H,4H2,1-3H3/t9-/m0/s1. The number of nitrogens with zero attached hydrogens (tertiary/aromatic N) is 3. The Kier molecular flexibility index (Phi) is 5.33. The van der Waals surface area contributed by atoms with Crippen LogP contribution in [0.5, 0.6) is 0 Å². The van der Waals surface area contributed by atoms with E-state index in [-0.39, 0.29) is 22.4 Å². The van der Waals surface area contributed by atoms with Gasteiger partial charge in [-0.25, -0.2) is 21.6 Å². The molecule has 132 valence electrons. The fraction of sp³-hybridized carbons (Fsp3) is 0.385. The molecule has 8 nitrogen and oxygen atoms in total. The van der Waals surface area contributed by atoms with Gasteiger partial charge in [0.2, 0.25) is 25.0 Å². The SMILES string of the molecule is CCn1c([C@H](C)NS(=O)(=O)c2ccc(Cl)cc2)nnc1S(C)(=O)=O. The minimum Gasteiger partial charge on any atom is -0.301 e. The summed E-state index contributed by atoms with van der Waals surface area (Å²) in [6, 6.07) is 4.93. The van der Waals surface area contributed by atoms with Gasteiger partial charge in [0, 0.05) is 17.8 Å². The van der Waals surface area contributed by atoms with Crippen molar-refractivity contribution in [1.82, 2.24) is 19.5 Å². The van der Waals surface area contributed by atoms with Gasteiger partial charge in [-0.1, -0.05) is 11.6 Å². The Balaban J connectivity index is 2.35. The van der Waals surface area contributed by atoms with Crippen molar-refractivity contribution < 1.29 is 16.8 Å². The van der Waals surface area contributed by atoms with Crippen molar-refractivity contribution in [2.24, 2.45) is 0 Å². The van der Waals surface area contributed by atoms with Crippen LogP contribution in [0.2, 0.25) is 5.02 Å². The predicted molar refractivity (Wildman–Crippen MR) is 89.0 cm³/mol. The van der Waals surface area contributed by atoms with E-state index in [2.05, 4.69) is 14.9 Å². The summed E-state index contributed by atoms with van der Waals surface area (Å²) in [4.78, 5) is 0.0460. The molecule has 1 N–H and O–H groups in total. The lowest BCUT2D eigenvalue weighted by Gasteiger charge is -2.15. The number of hydrogen-bond donors (Lipinski definition) is 1. The lowest BCUT2D eigenvalue weighted by molar-refractivity contribution is 0.532. The van der Waals surface area contributed by atoms with Gasteiger partial charge in [0.15, 0.2) is 5.82 Å². The maximum Gasteiger partial charge on any atom is 0.249 e. The molecule has 2 rings (SSSR count). The van der Waals surface area contributed by atoms with Gasteiger partial charge in [-0.15, -0.1) is 10.2 Å². The van der Waals surface area contributed by atoms with Crippen LogP contribution >= 0.6 is 11.6 Å². The Morgan fingerprint density at radius 2 is 1.75 bits per heavy atom. The normalized spacial score (nSPS) is 13.8. The largest absolute Gasteiger partial charge is 0.301 e. The van der Waals surface area contributed by atoms with E-state index >= 15 is 0 Å². The molecule has 0 aliphatic heterocycles. The van der Waals surface area contributed by atoms with E-state index in [1.807, 2.05) is 0 Å². The molecule has 1 atom stereocenters. The van der Waals surface area contributed by atoms with Crippen molar-refractivity contribution >= 4 is 31.5 Å². The molecule has 0 amide bonds. The first-order chi connectivity index (χ1) is 11.1. The van der Waals surface area contributed by atoms with Crippen LogP contribution < -0.4 is 4.72 Å². The highest BCUT2D eigenvalue weighted by Crippen LogP contribution is 2.19. The Morgan fingerprint density at radius 3 is 2.25 bits per heavy atom. The smallest absolute Gasteiger partial charge is 0.249 e. The summed E-state index contributed by atoms with van der Waals surface area (Å²) >= 11 is 5.75. The van der Waals surface area contributed by atoms with Gasteiger partial charge in [-0.2, -0.15) is 0 Å². The van der Waals surface area contributed by atoms with E-state index in [1.165, 1.54) is 28.8 Å². The lowest BCUT2D eigenvalue weighted by atomic mass is 10.3. The number of rotatable bonds is 6. The Hall–Kier alpha value is -1.49. The second-order valence-electron chi connectivity index (χ2n) is 5.15. The van der Waals surface area contributed by atoms with Gasteiger partial charge in [-0.3, -0.25) is 0 Å². The number of halogens is 1. The van der Waals surface area contributed by atoms with E-state index in [0.29, 0.717) is 5.02 Å². The Labute approximate surface area is 145 Å². The molecule has 0 spiro atoms. The first-order valence-electron chi connectivity index (χ1n) is 6.97. The summed E-state index contributed by atoms with van der Waals surface area (Å²) < 4.78 is 52.1. The van der Waals surface area contributed by atoms with Gasteiger partial charge < -0.3 is 4.57 Å². The summed E-state index contributed by atoms with van der Waals surface area (Å²) in [5.74, 6) is 0.218. The maximum atomic E-state index is 12.4. The van der Waals surface area contributed by atoms with E-state index < -0.39 is 25.9 Å². The predicted octanol–water partition coefficient (Wildman–Crippen LogP) is 1.39. The van der Waals surface area contributed by atoms with Crippen molar-refractivity contribution in [3.8, 4) is 0 Å². The number of benzene rings is 1. The minimum atomic E-state index is -3.81. The highest BCUT2D eigenvalue weighted by Gasteiger charge is 2.26.